The Balaban J connectivity index is 1.99. The van der Waals surface area contributed by atoms with E-state index < -0.39 is 0 Å². The van der Waals surface area contributed by atoms with Crippen LogP contribution in [0.25, 0.3) is 0 Å². The molecule has 0 saturated carbocycles. The molecular formula is C12H15Cl2NO2. The Morgan fingerprint density at radius 1 is 1.35 bits per heavy atom. The lowest BCUT2D eigenvalue weighted by molar-refractivity contribution is 0.0265. The van der Waals surface area contributed by atoms with Crippen molar-refractivity contribution in [1.29, 1.82) is 0 Å². The van der Waals surface area contributed by atoms with Gasteiger partial charge in [0.2, 0.25) is 0 Å². The Hall–Kier alpha value is -0.640. The molecule has 5 heteroatoms. The predicted octanol–water partition coefficient (Wildman–Crippen LogP) is 3.52. The van der Waals surface area contributed by atoms with E-state index in [1.165, 1.54) is 0 Å². The molecule has 17 heavy (non-hydrogen) atoms. The summed E-state index contributed by atoms with van der Waals surface area (Å²) in [5, 5.41) is 0.863. The average Bonchev–Trinajstić information content (AvgIpc) is 2.62. The number of hydrogen-bond acceptors (Lipinski definition) is 3. The maximum Gasteiger partial charge on any atom is 0.156 e. The Labute approximate surface area is 111 Å². The predicted molar refractivity (Wildman–Crippen MR) is 69.9 cm³/mol. The van der Waals surface area contributed by atoms with Crippen molar-refractivity contribution in [3.63, 3.8) is 0 Å². The zero-order chi connectivity index (χ0) is 12.4. The highest BCUT2D eigenvalue weighted by atomic mass is 35.5. The molecule has 1 aliphatic heterocycles. The number of halogens is 2. The minimum atomic E-state index is 0.120. The van der Waals surface area contributed by atoms with E-state index in [1.807, 2.05) is 0 Å². The number of hydrogen-bond donors (Lipinski definition) is 1. The van der Waals surface area contributed by atoms with E-state index in [1.54, 1.807) is 12.1 Å². The van der Waals surface area contributed by atoms with Crippen LogP contribution in [0.1, 0.15) is 19.8 Å². The smallest absolute Gasteiger partial charge is 0.156 e. The molecule has 0 aromatic heterocycles. The van der Waals surface area contributed by atoms with Gasteiger partial charge in [0.15, 0.2) is 5.75 Å². The van der Waals surface area contributed by atoms with Gasteiger partial charge in [-0.15, -0.1) is 0 Å². The molecule has 0 radical (unpaired) electrons. The lowest BCUT2D eigenvalue weighted by Crippen LogP contribution is -2.18. The largest absolute Gasteiger partial charge is 0.488 e. The lowest BCUT2D eigenvalue weighted by Gasteiger charge is -2.15. The molecule has 0 amide bonds. The molecule has 1 heterocycles. The van der Waals surface area contributed by atoms with Crippen LogP contribution >= 0.6 is 23.2 Å². The Morgan fingerprint density at radius 2 is 2.00 bits per heavy atom. The Morgan fingerprint density at radius 3 is 2.53 bits per heavy atom. The molecule has 94 valence electrons. The van der Waals surface area contributed by atoms with Crippen LogP contribution in [0.3, 0.4) is 0 Å². The molecule has 1 aromatic carbocycles. The minimum Gasteiger partial charge on any atom is -0.488 e. The van der Waals surface area contributed by atoms with Crippen LogP contribution in [0, 0.1) is 0 Å². The quantitative estimate of drug-likeness (QED) is 0.859. The summed E-state index contributed by atoms with van der Waals surface area (Å²) in [5.41, 5.74) is 6.14. The third kappa shape index (κ3) is 3.18. The molecule has 2 rings (SSSR count). The zero-order valence-electron chi connectivity index (χ0n) is 9.58. The summed E-state index contributed by atoms with van der Waals surface area (Å²) in [7, 11) is 0. The van der Waals surface area contributed by atoms with Crippen LogP contribution in [-0.4, -0.2) is 18.8 Å². The SMILES string of the molecule is CC1CCC(COc2c(Cl)cc(N)cc2Cl)O1. The number of nitrogens with two attached hydrogens (primary N) is 1. The maximum absolute atomic E-state index is 6.02. The first-order valence-electron chi connectivity index (χ1n) is 5.59. The van der Waals surface area contributed by atoms with Gasteiger partial charge in [0.25, 0.3) is 0 Å². The number of nitrogen functional groups attached to an aromatic ring is 1. The normalized spacial score (nSPS) is 23.9. The van der Waals surface area contributed by atoms with E-state index >= 15 is 0 Å². The number of anilines is 1. The molecule has 0 spiro atoms. The molecule has 1 fully saturated rings. The average molecular weight is 276 g/mol. The lowest BCUT2D eigenvalue weighted by atomic mass is 10.2. The second kappa shape index (κ2) is 5.34. The van der Waals surface area contributed by atoms with Gasteiger partial charge in [-0.25, -0.2) is 0 Å². The molecule has 2 unspecified atom stereocenters. The molecule has 3 nitrogen and oxygen atoms in total. The van der Waals surface area contributed by atoms with Crippen LogP contribution < -0.4 is 10.5 Å². The fourth-order valence-corrected chi connectivity index (χ4v) is 2.51. The fourth-order valence-electron chi connectivity index (χ4n) is 1.90. The van der Waals surface area contributed by atoms with Crippen molar-refractivity contribution in [2.24, 2.45) is 0 Å². The molecule has 0 bridgehead atoms. The summed E-state index contributed by atoms with van der Waals surface area (Å²) < 4.78 is 11.3. The maximum atomic E-state index is 6.02. The van der Waals surface area contributed by atoms with Gasteiger partial charge >= 0.3 is 0 Å². The van der Waals surface area contributed by atoms with E-state index in [4.69, 9.17) is 38.4 Å². The van der Waals surface area contributed by atoms with Gasteiger partial charge in [0, 0.05) is 5.69 Å². The van der Waals surface area contributed by atoms with Crippen LogP contribution in [0.2, 0.25) is 10.0 Å². The third-order valence-electron chi connectivity index (χ3n) is 2.75. The fraction of sp³-hybridized carbons (Fsp3) is 0.500. The van der Waals surface area contributed by atoms with Gasteiger partial charge in [0.05, 0.1) is 22.3 Å². The van der Waals surface area contributed by atoms with Crippen molar-refractivity contribution in [2.45, 2.75) is 32.0 Å². The standard InChI is InChI=1S/C12H15Cl2NO2/c1-7-2-3-9(17-7)6-16-12-10(13)4-8(15)5-11(12)14/h4-5,7,9H,2-3,6,15H2,1H3. The molecule has 2 atom stereocenters. The van der Waals surface area contributed by atoms with E-state index in [9.17, 15) is 0 Å². The highest BCUT2D eigenvalue weighted by molar-refractivity contribution is 6.37. The topological polar surface area (TPSA) is 44.5 Å². The highest BCUT2D eigenvalue weighted by Gasteiger charge is 2.23. The first-order chi connectivity index (χ1) is 8.06. The molecule has 1 saturated heterocycles. The molecule has 2 N–H and O–H groups in total. The van der Waals surface area contributed by atoms with E-state index in [0.29, 0.717) is 34.2 Å². The van der Waals surface area contributed by atoms with Gasteiger partial charge < -0.3 is 15.2 Å². The highest BCUT2D eigenvalue weighted by Crippen LogP contribution is 2.35. The molecular weight excluding hydrogens is 261 g/mol. The minimum absolute atomic E-state index is 0.120. The molecule has 1 aromatic rings. The van der Waals surface area contributed by atoms with Crippen molar-refractivity contribution >= 4 is 28.9 Å². The summed E-state index contributed by atoms with van der Waals surface area (Å²) in [4.78, 5) is 0. The van der Waals surface area contributed by atoms with E-state index in [0.717, 1.165) is 12.8 Å². The zero-order valence-corrected chi connectivity index (χ0v) is 11.1. The number of benzene rings is 1. The first-order valence-corrected chi connectivity index (χ1v) is 6.34. The van der Waals surface area contributed by atoms with Crippen LogP contribution in [0.5, 0.6) is 5.75 Å². The summed E-state index contributed by atoms with van der Waals surface area (Å²) in [6.45, 7) is 2.52. The second-order valence-electron chi connectivity index (χ2n) is 4.27. The van der Waals surface area contributed by atoms with E-state index in [2.05, 4.69) is 6.92 Å². The van der Waals surface area contributed by atoms with E-state index in [-0.39, 0.29) is 6.10 Å². The molecule has 1 aliphatic rings. The number of ether oxygens (including phenoxy) is 2. The van der Waals surface area contributed by atoms with Gasteiger partial charge in [0.1, 0.15) is 6.61 Å². The van der Waals surface area contributed by atoms with Crippen molar-refractivity contribution in [3.8, 4) is 5.75 Å². The summed E-state index contributed by atoms with van der Waals surface area (Å²) in [5.74, 6) is 0.477. The first kappa shape index (κ1) is 12.8. The van der Waals surface area contributed by atoms with Crippen molar-refractivity contribution in [2.75, 3.05) is 12.3 Å². The van der Waals surface area contributed by atoms with Gasteiger partial charge in [-0.2, -0.15) is 0 Å². The van der Waals surface area contributed by atoms with Gasteiger partial charge in [-0.3, -0.25) is 0 Å². The van der Waals surface area contributed by atoms with Crippen LogP contribution in [0.15, 0.2) is 12.1 Å². The Bertz CT molecular complexity index is 388. The van der Waals surface area contributed by atoms with Crippen LogP contribution in [0.4, 0.5) is 5.69 Å². The van der Waals surface area contributed by atoms with Gasteiger partial charge in [-0.1, -0.05) is 23.2 Å². The van der Waals surface area contributed by atoms with Crippen molar-refractivity contribution < 1.29 is 9.47 Å². The summed E-state index contributed by atoms with van der Waals surface area (Å²) >= 11 is 12.0. The van der Waals surface area contributed by atoms with Crippen molar-refractivity contribution in [1.82, 2.24) is 0 Å². The van der Waals surface area contributed by atoms with Crippen LogP contribution in [-0.2, 0) is 4.74 Å². The monoisotopic (exact) mass is 275 g/mol. The summed E-state index contributed by atoms with van der Waals surface area (Å²) in [6.07, 6.45) is 2.50. The van der Waals surface area contributed by atoms with Gasteiger partial charge in [-0.05, 0) is 31.9 Å². The summed E-state index contributed by atoms with van der Waals surface area (Å²) in [6, 6.07) is 3.25. The number of rotatable bonds is 3. The third-order valence-corrected chi connectivity index (χ3v) is 3.32. The second-order valence-corrected chi connectivity index (χ2v) is 5.09. The Kier molecular flexibility index (Phi) is 4.02. The van der Waals surface area contributed by atoms with Crippen molar-refractivity contribution in [3.05, 3.63) is 22.2 Å². The molecule has 0 aliphatic carbocycles.